The Labute approximate surface area is 326 Å². The van der Waals surface area contributed by atoms with E-state index in [1.165, 1.54) is 15.1 Å². The topological polar surface area (TPSA) is 150 Å². The Morgan fingerprint density at radius 3 is 2.04 bits per heavy atom. The predicted octanol–water partition coefficient (Wildman–Crippen LogP) is 6.14. The third-order valence-corrected chi connectivity index (χ3v) is 16.0. The molecule has 0 radical (unpaired) electrons. The number of rotatable bonds is 7. The van der Waals surface area contributed by atoms with Crippen molar-refractivity contribution in [1.82, 2.24) is 18.8 Å². The van der Waals surface area contributed by atoms with E-state index in [1.807, 2.05) is 54.6 Å². The van der Waals surface area contributed by atoms with E-state index in [-0.39, 0.29) is 33.8 Å². The van der Waals surface area contributed by atoms with Gasteiger partial charge < -0.3 is 14.9 Å². The van der Waals surface area contributed by atoms with E-state index in [2.05, 4.69) is 4.90 Å². The van der Waals surface area contributed by atoms with Crippen LogP contribution < -0.4 is 4.90 Å². The van der Waals surface area contributed by atoms with Crippen LogP contribution in [-0.4, -0.2) is 96.4 Å². The van der Waals surface area contributed by atoms with Crippen LogP contribution in [0.15, 0.2) is 96.0 Å². The van der Waals surface area contributed by atoms with Gasteiger partial charge in [-0.3, -0.25) is 9.69 Å². The standard InChI is InChI=1S/C42H43N5O7S2/c1-44-34-25-43-39-36(37(34)42(40(44)48)23-30-17-18-31(24-42)46(30)41(49)50)35(28-9-5-3-6-10-28)38(47(39)56(53,54)33-11-7-4-8-12-33)29-15-13-27(14-16-29)26-45-21-19-32(20-22-45)55(2,51)52/h3-16,25,30-32H,17-24,26H2,1-2H3,(H,49,50). The number of nitrogens with zero attached hydrogens (tertiary/aromatic N) is 5. The number of carboxylic acid groups (broad SMARTS) is 1. The number of benzene rings is 3. The van der Waals surface area contributed by atoms with Gasteiger partial charge in [0.15, 0.2) is 5.65 Å². The van der Waals surface area contributed by atoms with Gasteiger partial charge in [-0.2, -0.15) is 0 Å². The van der Waals surface area contributed by atoms with Crippen molar-refractivity contribution in [1.29, 1.82) is 0 Å². The molecule has 3 aromatic carbocycles. The smallest absolute Gasteiger partial charge is 0.407 e. The second-order valence-corrected chi connectivity index (χ2v) is 19.9. The molecule has 4 aliphatic rings. The zero-order valence-corrected chi connectivity index (χ0v) is 32.8. The molecule has 3 fully saturated rings. The molecular weight excluding hydrogens is 751 g/mol. The molecule has 290 valence electrons. The van der Waals surface area contributed by atoms with Crippen LogP contribution in [0.2, 0.25) is 0 Å². The minimum atomic E-state index is -4.29. The minimum absolute atomic E-state index is 0.0879. The van der Waals surface area contributed by atoms with Crippen LogP contribution in [-0.2, 0) is 36.6 Å². The molecule has 1 spiro atoms. The van der Waals surface area contributed by atoms with Crippen molar-refractivity contribution >= 4 is 48.6 Å². The van der Waals surface area contributed by atoms with Crippen LogP contribution in [0.4, 0.5) is 10.5 Å². The summed E-state index contributed by atoms with van der Waals surface area (Å²) in [6, 6.07) is 25.0. The number of amides is 2. The summed E-state index contributed by atoms with van der Waals surface area (Å²) in [5.74, 6) is -0.132. The molecule has 2 atom stereocenters. The highest BCUT2D eigenvalue weighted by Gasteiger charge is 2.60. The zero-order valence-electron chi connectivity index (χ0n) is 31.2. The molecule has 6 heterocycles. The second-order valence-electron chi connectivity index (χ2n) is 15.8. The molecule has 0 aliphatic carbocycles. The third-order valence-electron chi connectivity index (χ3n) is 12.6. The molecule has 12 nitrogen and oxygen atoms in total. The molecule has 2 aromatic heterocycles. The number of pyridine rings is 1. The number of aromatic nitrogens is 2. The number of piperidine rings is 2. The Hall–Kier alpha value is -5.05. The van der Waals surface area contributed by atoms with E-state index in [9.17, 15) is 23.1 Å². The van der Waals surface area contributed by atoms with Crippen LogP contribution in [0.25, 0.3) is 33.4 Å². The van der Waals surface area contributed by atoms with E-state index in [4.69, 9.17) is 4.98 Å². The summed E-state index contributed by atoms with van der Waals surface area (Å²) in [6.45, 7) is 1.95. The Balaban J connectivity index is 1.27. The van der Waals surface area contributed by atoms with Gasteiger partial charge in [-0.15, -0.1) is 0 Å². The summed E-state index contributed by atoms with van der Waals surface area (Å²) in [7, 11) is -5.66. The van der Waals surface area contributed by atoms with Crippen LogP contribution in [0, 0.1) is 0 Å². The van der Waals surface area contributed by atoms with E-state index in [0.29, 0.717) is 91.6 Å². The highest BCUT2D eigenvalue weighted by atomic mass is 32.2. The van der Waals surface area contributed by atoms with Crippen molar-refractivity contribution in [2.45, 2.75) is 72.7 Å². The van der Waals surface area contributed by atoms with Gasteiger partial charge in [-0.1, -0.05) is 72.8 Å². The zero-order chi connectivity index (χ0) is 39.1. The van der Waals surface area contributed by atoms with Crippen molar-refractivity contribution in [3.8, 4) is 22.4 Å². The Morgan fingerprint density at radius 1 is 0.839 bits per heavy atom. The molecule has 3 saturated heterocycles. The number of likely N-dealkylation sites (tertiary alicyclic amines) is 1. The minimum Gasteiger partial charge on any atom is -0.465 e. The summed E-state index contributed by atoms with van der Waals surface area (Å²) in [5.41, 5.74) is 3.87. The van der Waals surface area contributed by atoms with Gasteiger partial charge in [0.2, 0.25) is 5.91 Å². The number of sulfone groups is 1. The quantitative estimate of drug-likeness (QED) is 0.205. The first-order valence-corrected chi connectivity index (χ1v) is 22.4. The van der Waals surface area contributed by atoms with E-state index in [0.717, 1.165) is 11.1 Å². The maximum Gasteiger partial charge on any atom is 0.407 e. The van der Waals surface area contributed by atoms with Crippen LogP contribution >= 0.6 is 0 Å². The SMILES string of the molecule is CN1C(=O)C2(CC3CCC(C2)N3C(=O)O)c2c1cnc1c2c(-c2ccccc2)c(-c2ccc(CN3CCC(S(C)(=O)=O)CC3)cc2)n1S(=O)(=O)c1ccccc1. The van der Waals surface area contributed by atoms with E-state index in [1.54, 1.807) is 48.5 Å². The lowest BCUT2D eigenvalue weighted by Crippen LogP contribution is -2.54. The molecule has 2 amide bonds. The monoisotopic (exact) mass is 793 g/mol. The first-order valence-electron chi connectivity index (χ1n) is 19.0. The van der Waals surface area contributed by atoms with Crippen molar-refractivity contribution in [3.63, 3.8) is 0 Å². The fraction of sp³-hybridized carbons (Fsp3) is 0.357. The van der Waals surface area contributed by atoms with Crippen molar-refractivity contribution in [2.75, 3.05) is 31.3 Å². The molecule has 0 saturated carbocycles. The molecular formula is C42H43N5O7S2. The second kappa shape index (κ2) is 13.3. The lowest BCUT2D eigenvalue weighted by Gasteiger charge is -2.42. The summed E-state index contributed by atoms with van der Waals surface area (Å²) < 4.78 is 55.8. The molecule has 1 N–H and O–H groups in total. The summed E-state index contributed by atoms with van der Waals surface area (Å²) in [5, 5.41) is 10.4. The Bertz CT molecular complexity index is 2590. The molecule has 2 unspecified atom stereocenters. The summed E-state index contributed by atoms with van der Waals surface area (Å²) in [6.07, 6.45) is 4.98. The third kappa shape index (κ3) is 5.66. The fourth-order valence-electron chi connectivity index (χ4n) is 10.0. The largest absolute Gasteiger partial charge is 0.465 e. The molecule has 2 bridgehead atoms. The number of carbonyl (C=O) groups is 2. The molecule has 4 aliphatic heterocycles. The van der Waals surface area contributed by atoms with Gasteiger partial charge in [-0.05, 0) is 80.4 Å². The van der Waals surface area contributed by atoms with Gasteiger partial charge >= 0.3 is 6.09 Å². The predicted molar refractivity (Wildman–Crippen MR) is 214 cm³/mol. The maximum absolute atomic E-state index is 15.1. The molecule has 9 rings (SSSR count). The normalized spacial score (nSPS) is 23.0. The molecule has 56 heavy (non-hydrogen) atoms. The first kappa shape index (κ1) is 36.6. The van der Waals surface area contributed by atoms with Crippen molar-refractivity contribution < 1.29 is 31.5 Å². The van der Waals surface area contributed by atoms with Gasteiger partial charge in [-0.25, -0.2) is 30.6 Å². The molecule has 5 aromatic rings. The van der Waals surface area contributed by atoms with E-state index >= 15 is 8.42 Å². The number of carbonyl (C=O) groups excluding carboxylic acids is 1. The van der Waals surface area contributed by atoms with Gasteiger partial charge in [0, 0.05) is 48.4 Å². The van der Waals surface area contributed by atoms with Gasteiger partial charge in [0.1, 0.15) is 9.84 Å². The number of hydrogen-bond donors (Lipinski definition) is 1. The molecule has 14 heteroatoms. The van der Waals surface area contributed by atoms with E-state index < -0.39 is 31.4 Å². The average Bonchev–Trinajstić information content (AvgIpc) is 3.76. The van der Waals surface area contributed by atoms with Gasteiger partial charge in [0.25, 0.3) is 10.0 Å². The highest BCUT2D eigenvalue weighted by Crippen LogP contribution is 2.58. The fourth-order valence-corrected chi connectivity index (χ4v) is 12.6. The Morgan fingerprint density at radius 2 is 1.45 bits per heavy atom. The number of hydrogen-bond acceptors (Lipinski definition) is 8. The number of fused-ring (bicyclic) bond motifs is 6. The lowest BCUT2D eigenvalue weighted by molar-refractivity contribution is -0.125. The maximum atomic E-state index is 15.1. The van der Waals surface area contributed by atoms with Crippen LogP contribution in [0.5, 0.6) is 0 Å². The van der Waals surface area contributed by atoms with Crippen molar-refractivity contribution in [3.05, 3.63) is 102 Å². The summed E-state index contributed by atoms with van der Waals surface area (Å²) in [4.78, 5) is 37.4. The highest BCUT2D eigenvalue weighted by molar-refractivity contribution is 7.91. The summed E-state index contributed by atoms with van der Waals surface area (Å²) >= 11 is 0. The van der Waals surface area contributed by atoms with Crippen LogP contribution in [0.3, 0.4) is 0 Å². The average molecular weight is 794 g/mol. The van der Waals surface area contributed by atoms with Crippen LogP contribution in [0.1, 0.15) is 49.7 Å². The van der Waals surface area contributed by atoms with Gasteiger partial charge in [0.05, 0.1) is 33.1 Å². The van der Waals surface area contributed by atoms with Crippen molar-refractivity contribution in [2.24, 2.45) is 0 Å². The number of anilines is 1. The first-order chi connectivity index (χ1) is 26.8. The number of likely N-dealkylation sites (N-methyl/N-ethyl adjacent to an activating group) is 1. The lowest BCUT2D eigenvalue weighted by atomic mass is 9.69. The Kier molecular flexibility index (Phi) is 8.67.